The first-order valence-corrected chi connectivity index (χ1v) is 6.09. The van der Waals surface area contributed by atoms with E-state index in [1.54, 1.807) is 0 Å². The average Bonchev–Trinajstić information content (AvgIpc) is 2.41. The quantitative estimate of drug-likeness (QED) is 0.755. The minimum absolute atomic E-state index is 0.165. The molecule has 0 amide bonds. The van der Waals surface area contributed by atoms with Gasteiger partial charge in [-0.2, -0.15) is 0 Å². The van der Waals surface area contributed by atoms with E-state index in [0.29, 0.717) is 5.75 Å². The molecule has 0 aliphatic carbocycles. The van der Waals surface area contributed by atoms with Crippen molar-refractivity contribution in [1.29, 1.82) is 0 Å². The van der Waals surface area contributed by atoms with Crippen molar-refractivity contribution in [3.63, 3.8) is 0 Å². The van der Waals surface area contributed by atoms with Crippen LogP contribution in [0.4, 0.5) is 0 Å². The van der Waals surface area contributed by atoms with E-state index in [4.69, 9.17) is 4.74 Å². The topological polar surface area (TPSA) is 42.1 Å². The van der Waals surface area contributed by atoms with E-state index in [1.807, 2.05) is 55.5 Å². The standard InChI is InChI=1S/C16H13NO2/c1-11-6-2-5-9-14(11)19-15-10-16(18)17-13-8-4-3-7-12(13)15/h2-10H,1H3,(H,17,18). The third-order valence-corrected chi connectivity index (χ3v) is 3.03. The van der Waals surface area contributed by atoms with E-state index in [9.17, 15) is 4.79 Å². The minimum Gasteiger partial charge on any atom is -0.456 e. The highest BCUT2D eigenvalue weighted by atomic mass is 16.5. The van der Waals surface area contributed by atoms with Crippen LogP contribution in [0.5, 0.6) is 11.5 Å². The summed E-state index contributed by atoms with van der Waals surface area (Å²) in [6, 6.07) is 16.8. The molecule has 3 heteroatoms. The number of nitrogens with one attached hydrogen (secondary N) is 1. The molecule has 0 saturated heterocycles. The van der Waals surface area contributed by atoms with Crippen molar-refractivity contribution in [2.75, 3.05) is 0 Å². The Morgan fingerprint density at radius 1 is 0.947 bits per heavy atom. The first kappa shape index (κ1) is 11.5. The fraction of sp³-hybridized carbons (Fsp3) is 0.0625. The van der Waals surface area contributed by atoms with Gasteiger partial charge in [-0.3, -0.25) is 4.79 Å². The second kappa shape index (κ2) is 4.61. The summed E-state index contributed by atoms with van der Waals surface area (Å²) in [5.74, 6) is 1.34. The van der Waals surface area contributed by atoms with Crippen LogP contribution < -0.4 is 10.3 Å². The SMILES string of the molecule is Cc1ccccc1Oc1cc(=O)[nH]c2ccccc12. The molecule has 0 aliphatic rings. The third kappa shape index (κ3) is 2.22. The Kier molecular flexibility index (Phi) is 2.80. The van der Waals surface area contributed by atoms with Gasteiger partial charge in [0, 0.05) is 11.5 Å². The molecule has 3 rings (SSSR count). The first-order valence-electron chi connectivity index (χ1n) is 6.09. The lowest BCUT2D eigenvalue weighted by atomic mass is 10.2. The second-order valence-corrected chi connectivity index (χ2v) is 4.41. The van der Waals surface area contributed by atoms with Gasteiger partial charge in [0.05, 0.1) is 5.52 Å². The Morgan fingerprint density at radius 2 is 1.68 bits per heavy atom. The largest absolute Gasteiger partial charge is 0.456 e. The van der Waals surface area contributed by atoms with Crippen LogP contribution in [0.3, 0.4) is 0 Å². The van der Waals surface area contributed by atoms with Crippen molar-refractivity contribution in [1.82, 2.24) is 4.98 Å². The second-order valence-electron chi connectivity index (χ2n) is 4.41. The van der Waals surface area contributed by atoms with Crippen molar-refractivity contribution in [3.8, 4) is 11.5 Å². The maximum Gasteiger partial charge on any atom is 0.252 e. The number of aromatic amines is 1. The maximum atomic E-state index is 11.6. The molecule has 0 radical (unpaired) electrons. The molecule has 3 aromatic rings. The van der Waals surface area contributed by atoms with Gasteiger partial charge in [-0.05, 0) is 30.7 Å². The van der Waals surface area contributed by atoms with Crippen LogP contribution in [0.25, 0.3) is 10.9 Å². The number of aromatic nitrogens is 1. The van der Waals surface area contributed by atoms with Gasteiger partial charge in [0.2, 0.25) is 0 Å². The lowest BCUT2D eigenvalue weighted by Gasteiger charge is -2.10. The number of rotatable bonds is 2. The van der Waals surface area contributed by atoms with Gasteiger partial charge in [0.25, 0.3) is 5.56 Å². The molecule has 0 aliphatic heterocycles. The Morgan fingerprint density at radius 3 is 2.53 bits per heavy atom. The van der Waals surface area contributed by atoms with Crippen LogP contribution in [-0.4, -0.2) is 4.98 Å². The number of pyridine rings is 1. The summed E-state index contributed by atoms with van der Waals surface area (Å²) in [5.41, 5.74) is 1.65. The molecule has 19 heavy (non-hydrogen) atoms. The molecule has 3 nitrogen and oxygen atoms in total. The third-order valence-electron chi connectivity index (χ3n) is 3.03. The Labute approximate surface area is 110 Å². The number of H-pyrrole nitrogens is 1. The number of hydrogen-bond acceptors (Lipinski definition) is 2. The molecule has 0 bridgehead atoms. The van der Waals surface area contributed by atoms with Gasteiger partial charge >= 0.3 is 0 Å². The number of aryl methyl sites for hydroxylation is 1. The molecule has 1 aromatic heterocycles. The fourth-order valence-electron chi connectivity index (χ4n) is 2.05. The van der Waals surface area contributed by atoms with Crippen LogP contribution >= 0.6 is 0 Å². The van der Waals surface area contributed by atoms with Gasteiger partial charge in [0.1, 0.15) is 11.5 Å². The molecular formula is C16H13NO2. The Hall–Kier alpha value is -2.55. The van der Waals surface area contributed by atoms with Crippen LogP contribution in [0.2, 0.25) is 0 Å². The van der Waals surface area contributed by atoms with Gasteiger partial charge in [-0.25, -0.2) is 0 Å². The summed E-state index contributed by atoms with van der Waals surface area (Å²) in [6.45, 7) is 1.98. The first-order chi connectivity index (χ1) is 9.24. The Balaban J connectivity index is 2.15. The summed E-state index contributed by atoms with van der Waals surface area (Å²) in [6.07, 6.45) is 0. The molecule has 0 spiro atoms. The highest BCUT2D eigenvalue weighted by Gasteiger charge is 2.06. The molecule has 94 valence electrons. The lowest BCUT2D eigenvalue weighted by Crippen LogP contribution is -2.04. The number of ether oxygens (including phenoxy) is 1. The van der Waals surface area contributed by atoms with Crippen LogP contribution in [0, 0.1) is 6.92 Å². The summed E-state index contributed by atoms with van der Waals surface area (Å²) >= 11 is 0. The number of benzene rings is 2. The van der Waals surface area contributed by atoms with Gasteiger partial charge in [-0.1, -0.05) is 30.3 Å². The molecule has 0 saturated carbocycles. The number of hydrogen-bond donors (Lipinski definition) is 1. The zero-order chi connectivity index (χ0) is 13.2. The molecule has 2 aromatic carbocycles. The summed E-state index contributed by atoms with van der Waals surface area (Å²) in [4.78, 5) is 14.4. The fourth-order valence-corrected chi connectivity index (χ4v) is 2.05. The van der Waals surface area contributed by atoms with Crippen LogP contribution in [0.1, 0.15) is 5.56 Å². The van der Waals surface area contributed by atoms with Crippen molar-refractivity contribution >= 4 is 10.9 Å². The molecule has 1 heterocycles. The summed E-state index contributed by atoms with van der Waals surface area (Å²) in [7, 11) is 0. The van der Waals surface area contributed by atoms with E-state index in [1.165, 1.54) is 6.07 Å². The molecular weight excluding hydrogens is 238 g/mol. The molecule has 1 N–H and O–H groups in total. The highest BCUT2D eigenvalue weighted by Crippen LogP contribution is 2.29. The monoisotopic (exact) mass is 251 g/mol. The normalized spacial score (nSPS) is 10.6. The van der Waals surface area contributed by atoms with Crippen LogP contribution in [0.15, 0.2) is 59.4 Å². The van der Waals surface area contributed by atoms with Crippen molar-refractivity contribution in [3.05, 3.63) is 70.5 Å². The Bertz CT molecular complexity index is 790. The van der Waals surface area contributed by atoms with Crippen molar-refractivity contribution in [2.24, 2.45) is 0 Å². The van der Waals surface area contributed by atoms with E-state index in [-0.39, 0.29) is 5.56 Å². The highest BCUT2D eigenvalue weighted by molar-refractivity contribution is 5.84. The van der Waals surface area contributed by atoms with E-state index in [2.05, 4.69) is 4.98 Å². The summed E-state index contributed by atoms with van der Waals surface area (Å²) < 4.78 is 5.88. The molecule has 0 unspecified atom stereocenters. The maximum absolute atomic E-state index is 11.6. The summed E-state index contributed by atoms with van der Waals surface area (Å²) in [5, 5.41) is 0.894. The molecule has 0 fully saturated rings. The van der Waals surface area contributed by atoms with Gasteiger partial charge < -0.3 is 9.72 Å². The minimum atomic E-state index is -0.165. The number of fused-ring (bicyclic) bond motifs is 1. The predicted molar refractivity (Wildman–Crippen MR) is 75.8 cm³/mol. The average molecular weight is 251 g/mol. The van der Waals surface area contributed by atoms with Crippen LogP contribution in [-0.2, 0) is 0 Å². The van der Waals surface area contributed by atoms with E-state index >= 15 is 0 Å². The van der Waals surface area contributed by atoms with E-state index in [0.717, 1.165) is 22.2 Å². The number of para-hydroxylation sites is 2. The predicted octanol–water partition coefficient (Wildman–Crippen LogP) is 3.63. The zero-order valence-corrected chi connectivity index (χ0v) is 10.5. The van der Waals surface area contributed by atoms with Crippen molar-refractivity contribution < 1.29 is 4.74 Å². The van der Waals surface area contributed by atoms with E-state index < -0.39 is 0 Å². The van der Waals surface area contributed by atoms with Gasteiger partial charge in [-0.15, -0.1) is 0 Å². The van der Waals surface area contributed by atoms with Crippen molar-refractivity contribution in [2.45, 2.75) is 6.92 Å². The zero-order valence-electron chi connectivity index (χ0n) is 10.5. The molecule has 0 atom stereocenters. The lowest BCUT2D eigenvalue weighted by molar-refractivity contribution is 0.483. The smallest absolute Gasteiger partial charge is 0.252 e. The van der Waals surface area contributed by atoms with Gasteiger partial charge in [0.15, 0.2) is 0 Å².